The van der Waals surface area contributed by atoms with Crippen molar-refractivity contribution in [1.82, 2.24) is 4.98 Å². The maximum Gasteiger partial charge on any atom is 0.350 e. The summed E-state index contributed by atoms with van der Waals surface area (Å²) in [6.07, 6.45) is 5.29. The largest absolute Gasteiger partial charge is 0.457 e. The minimum atomic E-state index is -0.321. The Bertz CT molecular complexity index is 546. The number of ether oxygens (including phenoxy) is 1. The lowest BCUT2D eigenvalue weighted by molar-refractivity contribution is 0.0555. The Labute approximate surface area is 110 Å². The molecule has 1 heterocycles. The molecule has 4 heteroatoms. The number of carbonyl (C=O) groups excluding carboxylic acids is 1. The molecule has 0 N–H and O–H groups in total. The van der Waals surface area contributed by atoms with Crippen molar-refractivity contribution in [2.45, 2.75) is 6.92 Å². The van der Waals surface area contributed by atoms with Gasteiger partial charge in [-0.2, -0.15) is 0 Å². The Morgan fingerprint density at radius 2 is 2.17 bits per heavy atom. The second-order valence-corrected chi connectivity index (χ2v) is 4.89. The van der Waals surface area contributed by atoms with Gasteiger partial charge in [0.1, 0.15) is 11.5 Å². The van der Waals surface area contributed by atoms with Gasteiger partial charge in [-0.15, -0.1) is 11.3 Å². The Balaban J connectivity index is 1.82. The summed E-state index contributed by atoms with van der Waals surface area (Å²) < 4.78 is 5.11. The van der Waals surface area contributed by atoms with Crippen LogP contribution < -0.4 is 0 Å². The van der Waals surface area contributed by atoms with E-state index in [2.05, 4.69) is 4.98 Å². The number of hydrogen-bond acceptors (Lipinski definition) is 4. The van der Waals surface area contributed by atoms with Crippen LogP contribution in [-0.4, -0.2) is 17.6 Å². The van der Waals surface area contributed by atoms with Gasteiger partial charge in [0.15, 0.2) is 0 Å². The van der Waals surface area contributed by atoms with Crippen molar-refractivity contribution in [3.05, 3.63) is 58.1 Å². The summed E-state index contributed by atoms with van der Waals surface area (Å²) in [5.41, 5.74) is 1.09. The first kappa shape index (κ1) is 12.5. The third-order valence-corrected chi connectivity index (χ3v) is 3.14. The van der Waals surface area contributed by atoms with Gasteiger partial charge < -0.3 is 4.74 Å². The van der Waals surface area contributed by atoms with E-state index in [0.29, 0.717) is 4.88 Å². The maximum absolute atomic E-state index is 11.6. The lowest BCUT2D eigenvalue weighted by atomic mass is 10.2. The molecule has 0 aliphatic carbocycles. The molecule has 2 aromatic rings. The molecule has 1 aromatic heterocycles. The summed E-state index contributed by atoms with van der Waals surface area (Å²) in [5.74, 6) is -0.321. The summed E-state index contributed by atoms with van der Waals surface area (Å²) in [6, 6.07) is 9.87. The lowest BCUT2D eigenvalue weighted by Gasteiger charge is -1.98. The highest BCUT2D eigenvalue weighted by Crippen LogP contribution is 2.12. The normalized spacial score (nSPS) is 10.7. The van der Waals surface area contributed by atoms with E-state index in [4.69, 9.17) is 4.74 Å². The summed E-state index contributed by atoms with van der Waals surface area (Å²) in [7, 11) is 0. The van der Waals surface area contributed by atoms with Crippen LogP contribution in [0.1, 0.15) is 20.2 Å². The van der Waals surface area contributed by atoms with E-state index < -0.39 is 0 Å². The molecule has 3 nitrogen and oxygen atoms in total. The predicted molar refractivity (Wildman–Crippen MR) is 72.6 cm³/mol. The van der Waals surface area contributed by atoms with E-state index >= 15 is 0 Å². The van der Waals surface area contributed by atoms with Crippen molar-refractivity contribution in [2.24, 2.45) is 0 Å². The van der Waals surface area contributed by atoms with Crippen molar-refractivity contribution in [1.29, 1.82) is 0 Å². The number of benzene rings is 1. The molecule has 0 saturated carbocycles. The first-order valence-corrected chi connectivity index (χ1v) is 6.38. The molecule has 0 unspecified atom stereocenters. The van der Waals surface area contributed by atoms with Crippen molar-refractivity contribution in [2.75, 3.05) is 6.61 Å². The van der Waals surface area contributed by atoms with E-state index in [9.17, 15) is 4.79 Å². The third-order valence-electron chi connectivity index (χ3n) is 2.24. The molecule has 0 fully saturated rings. The summed E-state index contributed by atoms with van der Waals surface area (Å²) in [4.78, 5) is 16.1. The topological polar surface area (TPSA) is 39.2 Å². The average molecular weight is 259 g/mol. The van der Waals surface area contributed by atoms with Gasteiger partial charge in [-0.3, -0.25) is 0 Å². The molecular formula is C14H13NO2S. The van der Waals surface area contributed by atoms with Gasteiger partial charge in [0.05, 0.1) is 11.2 Å². The van der Waals surface area contributed by atoms with Crippen LogP contribution in [0.4, 0.5) is 0 Å². The number of esters is 1. The van der Waals surface area contributed by atoms with Gasteiger partial charge >= 0.3 is 5.97 Å². The van der Waals surface area contributed by atoms with Gasteiger partial charge in [-0.25, -0.2) is 9.78 Å². The van der Waals surface area contributed by atoms with Crippen molar-refractivity contribution < 1.29 is 9.53 Å². The molecule has 92 valence electrons. The van der Waals surface area contributed by atoms with E-state index in [1.165, 1.54) is 11.3 Å². The zero-order valence-electron chi connectivity index (χ0n) is 10.00. The van der Waals surface area contributed by atoms with Crippen molar-refractivity contribution >= 4 is 23.4 Å². The fourth-order valence-electron chi connectivity index (χ4n) is 1.40. The number of aryl methyl sites for hydroxylation is 1. The Hall–Kier alpha value is -1.94. The number of carbonyl (C=O) groups is 1. The second kappa shape index (κ2) is 6.12. The van der Waals surface area contributed by atoms with Gasteiger partial charge in [0.2, 0.25) is 0 Å². The number of thiazole rings is 1. The standard InChI is InChI=1S/C14H13NO2S/c1-11-15-10-13(18-11)14(16)17-9-5-8-12-6-3-2-4-7-12/h2-8,10H,9H2,1H3. The zero-order valence-corrected chi connectivity index (χ0v) is 10.8. The monoisotopic (exact) mass is 259 g/mol. The molecule has 2 rings (SSSR count). The number of nitrogens with zero attached hydrogens (tertiary/aromatic N) is 1. The maximum atomic E-state index is 11.6. The SMILES string of the molecule is Cc1ncc(C(=O)OCC=Cc2ccccc2)s1. The quantitative estimate of drug-likeness (QED) is 0.791. The van der Waals surface area contributed by atoms with Crippen LogP contribution in [0.25, 0.3) is 6.08 Å². The van der Waals surface area contributed by atoms with E-state index in [1.54, 1.807) is 6.20 Å². The van der Waals surface area contributed by atoms with Crippen molar-refractivity contribution in [3.8, 4) is 0 Å². The van der Waals surface area contributed by atoms with Crippen LogP contribution in [0.15, 0.2) is 42.6 Å². The molecule has 0 aliphatic heterocycles. The summed E-state index contributed by atoms with van der Waals surface area (Å²) >= 11 is 1.34. The Morgan fingerprint density at radius 1 is 1.39 bits per heavy atom. The Morgan fingerprint density at radius 3 is 2.83 bits per heavy atom. The molecule has 18 heavy (non-hydrogen) atoms. The van der Waals surface area contributed by atoms with Crippen LogP contribution >= 0.6 is 11.3 Å². The molecule has 0 atom stereocenters. The van der Waals surface area contributed by atoms with Gasteiger partial charge in [-0.05, 0) is 18.6 Å². The van der Waals surface area contributed by atoms with Crippen molar-refractivity contribution in [3.63, 3.8) is 0 Å². The smallest absolute Gasteiger partial charge is 0.350 e. The molecule has 0 bridgehead atoms. The molecule has 0 aliphatic rings. The highest BCUT2D eigenvalue weighted by Gasteiger charge is 2.09. The van der Waals surface area contributed by atoms with Gasteiger partial charge in [-0.1, -0.05) is 36.4 Å². The van der Waals surface area contributed by atoms with Crippen LogP contribution in [-0.2, 0) is 4.74 Å². The minimum absolute atomic E-state index is 0.269. The molecule has 0 amide bonds. The van der Waals surface area contributed by atoms with Gasteiger partial charge in [0.25, 0.3) is 0 Å². The fourth-order valence-corrected chi connectivity index (χ4v) is 2.07. The molecule has 0 radical (unpaired) electrons. The van der Waals surface area contributed by atoms with E-state index in [-0.39, 0.29) is 12.6 Å². The van der Waals surface area contributed by atoms with E-state index in [1.807, 2.05) is 49.4 Å². The highest BCUT2D eigenvalue weighted by molar-refractivity contribution is 7.13. The molecular weight excluding hydrogens is 246 g/mol. The number of hydrogen-bond donors (Lipinski definition) is 0. The predicted octanol–water partition coefficient (Wildman–Crippen LogP) is 3.32. The van der Waals surface area contributed by atoms with Crippen LogP contribution in [0.5, 0.6) is 0 Å². The summed E-state index contributed by atoms with van der Waals surface area (Å²) in [5, 5.41) is 0.863. The first-order valence-electron chi connectivity index (χ1n) is 5.57. The summed E-state index contributed by atoms with van der Waals surface area (Å²) in [6.45, 7) is 2.13. The van der Waals surface area contributed by atoms with Gasteiger partial charge in [0, 0.05) is 0 Å². The molecule has 0 saturated heterocycles. The first-order chi connectivity index (χ1) is 8.75. The minimum Gasteiger partial charge on any atom is -0.457 e. The Kier molecular flexibility index (Phi) is 4.25. The zero-order chi connectivity index (χ0) is 12.8. The van der Waals surface area contributed by atoms with Crippen LogP contribution in [0.2, 0.25) is 0 Å². The average Bonchev–Trinajstić information content (AvgIpc) is 2.82. The number of rotatable bonds is 4. The highest BCUT2D eigenvalue weighted by atomic mass is 32.1. The van der Waals surface area contributed by atoms with E-state index in [0.717, 1.165) is 10.6 Å². The van der Waals surface area contributed by atoms with Crippen LogP contribution in [0, 0.1) is 6.92 Å². The third kappa shape index (κ3) is 3.53. The number of aromatic nitrogens is 1. The molecule has 1 aromatic carbocycles. The second-order valence-electron chi connectivity index (χ2n) is 3.66. The molecule has 0 spiro atoms. The fraction of sp³-hybridized carbons (Fsp3) is 0.143. The lowest BCUT2D eigenvalue weighted by Crippen LogP contribution is -2.02. The van der Waals surface area contributed by atoms with Crippen LogP contribution in [0.3, 0.4) is 0 Å².